The molecule has 0 bridgehead atoms. The molecule has 0 rings (SSSR count). The molecule has 0 amide bonds. The molecule has 1 unspecified atom stereocenters. The maximum atomic E-state index is 9.49. The lowest BCUT2D eigenvalue weighted by Crippen LogP contribution is -2.43. The Balaban J connectivity index is 3.07. The standard InChI is InChI=1S/C11H28N4O2/c1-10(2)15-11(17)9-14-6-5-12-3-4-13-7-8-16/h10-17H,3-9H2,1-2H3. The summed E-state index contributed by atoms with van der Waals surface area (Å²) < 4.78 is 0. The van der Waals surface area contributed by atoms with E-state index < -0.39 is 6.23 Å². The zero-order chi connectivity index (χ0) is 12.9. The maximum absolute atomic E-state index is 9.49. The Hall–Kier alpha value is -0.240. The third kappa shape index (κ3) is 13.7. The van der Waals surface area contributed by atoms with Gasteiger partial charge in [-0.15, -0.1) is 0 Å². The van der Waals surface area contributed by atoms with E-state index >= 15 is 0 Å². The van der Waals surface area contributed by atoms with Crippen LogP contribution in [0.4, 0.5) is 0 Å². The van der Waals surface area contributed by atoms with Crippen molar-refractivity contribution < 1.29 is 10.2 Å². The smallest absolute Gasteiger partial charge is 0.117 e. The van der Waals surface area contributed by atoms with Crippen LogP contribution in [0.1, 0.15) is 13.8 Å². The van der Waals surface area contributed by atoms with E-state index in [0.717, 1.165) is 26.2 Å². The largest absolute Gasteiger partial charge is 0.395 e. The van der Waals surface area contributed by atoms with Crippen molar-refractivity contribution in [1.29, 1.82) is 0 Å². The van der Waals surface area contributed by atoms with Crippen molar-refractivity contribution >= 4 is 0 Å². The molecule has 0 aromatic rings. The van der Waals surface area contributed by atoms with Gasteiger partial charge in [-0.05, 0) is 13.8 Å². The van der Waals surface area contributed by atoms with Gasteiger partial charge in [-0.3, -0.25) is 5.32 Å². The zero-order valence-electron chi connectivity index (χ0n) is 11.0. The van der Waals surface area contributed by atoms with Gasteiger partial charge in [-0.25, -0.2) is 0 Å². The molecule has 17 heavy (non-hydrogen) atoms. The molecule has 0 saturated heterocycles. The average molecular weight is 248 g/mol. The summed E-state index contributed by atoms with van der Waals surface area (Å²) in [5.74, 6) is 0. The summed E-state index contributed by atoms with van der Waals surface area (Å²) >= 11 is 0. The van der Waals surface area contributed by atoms with Crippen LogP contribution in [0.15, 0.2) is 0 Å². The number of rotatable bonds is 12. The lowest BCUT2D eigenvalue weighted by atomic mass is 10.4. The van der Waals surface area contributed by atoms with Crippen LogP contribution in [0.3, 0.4) is 0 Å². The first-order chi connectivity index (χ1) is 8.16. The second-order valence-corrected chi connectivity index (χ2v) is 4.26. The van der Waals surface area contributed by atoms with E-state index in [9.17, 15) is 5.11 Å². The maximum Gasteiger partial charge on any atom is 0.117 e. The first-order valence-corrected chi connectivity index (χ1v) is 6.34. The first kappa shape index (κ1) is 16.8. The van der Waals surface area contributed by atoms with Gasteiger partial charge in [-0.1, -0.05) is 0 Å². The number of aliphatic hydroxyl groups is 2. The van der Waals surface area contributed by atoms with Gasteiger partial charge in [0.15, 0.2) is 0 Å². The minimum atomic E-state index is -0.485. The highest BCUT2D eigenvalue weighted by atomic mass is 16.3. The molecule has 6 heteroatoms. The highest BCUT2D eigenvalue weighted by Crippen LogP contribution is 1.80. The molecule has 0 aliphatic rings. The van der Waals surface area contributed by atoms with Crippen molar-refractivity contribution in [3.05, 3.63) is 0 Å². The normalized spacial score (nSPS) is 13.2. The van der Waals surface area contributed by atoms with Crippen molar-refractivity contribution in [2.75, 3.05) is 45.9 Å². The molecular formula is C11H28N4O2. The Morgan fingerprint density at radius 2 is 1.41 bits per heavy atom. The molecule has 6 nitrogen and oxygen atoms in total. The fourth-order valence-electron chi connectivity index (χ4n) is 1.37. The fourth-order valence-corrected chi connectivity index (χ4v) is 1.37. The topological polar surface area (TPSA) is 88.6 Å². The summed E-state index contributed by atoms with van der Waals surface area (Å²) in [4.78, 5) is 0. The summed E-state index contributed by atoms with van der Waals surface area (Å²) in [7, 11) is 0. The molecule has 0 aliphatic heterocycles. The van der Waals surface area contributed by atoms with Crippen LogP contribution in [-0.2, 0) is 0 Å². The van der Waals surface area contributed by atoms with E-state index in [2.05, 4.69) is 21.3 Å². The van der Waals surface area contributed by atoms with Crippen LogP contribution in [0, 0.1) is 0 Å². The zero-order valence-corrected chi connectivity index (χ0v) is 11.0. The van der Waals surface area contributed by atoms with Gasteiger partial charge in [0.05, 0.1) is 6.61 Å². The van der Waals surface area contributed by atoms with Crippen molar-refractivity contribution in [1.82, 2.24) is 21.3 Å². The molecule has 6 N–H and O–H groups in total. The van der Waals surface area contributed by atoms with Crippen LogP contribution in [-0.4, -0.2) is 68.4 Å². The fraction of sp³-hybridized carbons (Fsp3) is 1.00. The number of aliphatic hydroxyl groups excluding tert-OH is 2. The van der Waals surface area contributed by atoms with E-state index in [1.54, 1.807) is 0 Å². The van der Waals surface area contributed by atoms with Gasteiger partial charge in [0, 0.05) is 45.3 Å². The van der Waals surface area contributed by atoms with Crippen molar-refractivity contribution in [2.45, 2.75) is 26.1 Å². The van der Waals surface area contributed by atoms with Gasteiger partial charge in [-0.2, -0.15) is 0 Å². The van der Waals surface area contributed by atoms with E-state index in [1.807, 2.05) is 13.8 Å². The van der Waals surface area contributed by atoms with Crippen LogP contribution >= 0.6 is 0 Å². The van der Waals surface area contributed by atoms with Gasteiger partial charge >= 0.3 is 0 Å². The van der Waals surface area contributed by atoms with Crippen LogP contribution in [0.5, 0.6) is 0 Å². The van der Waals surface area contributed by atoms with Crippen molar-refractivity contribution in [3.63, 3.8) is 0 Å². The molecule has 0 aliphatic carbocycles. The van der Waals surface area contributed by atoms with Gasteiger partial charge in [0.2, 0.25) is 0 Å². The van der Waals surface area contributed by atoms with Gasteiger partial charge < -0.3 is 26.2 Å². The number of nitrogens with one attached hydrogen (secondary N) is 4. The van der Waals surface area contributed by atoms with Crippen molar-refractivity contribution in [2.24, 2.45) is 0 Å². The van der Waals surface area contributed by atoms with E-state index in [1.165, 1.54) is 0 Å². The molecule has 0 heterocycles. The van der Waals surface area contributed by atoms with E-state index in [-0.39, 0.29) is 6.61 Å². The highest BCUT2D eigenvalue weighted by molar-refractivity contribution is 4.61. The molecule has 0 fully saturated rings. The molecule has 0 saturated carbocycles. The van der Waals surface area contributed by atoms with Crippen LogP contribution < -0.4 is 21.3 Å². The Labute approximate surface area is 104 Å². The van der Waals surface area contributed by atoms with Crippen molar-refractivity contribution in [3.8, 4) is 0 Å². The van der Waals surface area contributed by atoms with Crippen LogP contribution in [0.2, 0.25) is 0 Å². The lowest BCUT2D eigenvalue weighted by Gasteiger charge is -2.16. The Kier molecular flexibility index (Phi) is 12.1. The minimum absolute atomic E-state index is 0.183. The second kappa shape index (κ2) is 12.2. The quantitative estimate of drug-likeness (QED) is 0.178. The number of hydrogen-bond acceptors (Lipinski definition) is 6. The summed E-state index contributed by atoms with van der Waals surface area (Å²) in [6, 6.07) is 0.294. The molecule has 0 aromatic heterocycles. The summed E-state index contributed by atoms with van der Waals surface area (Å²) in [6.45, 7) is 8.84. The monoisotopic (exact) mass is 248 g/mol. The van der Waals surface area contributed by atoms with Gasteiger partial charge in [0.1, 0.15) is 6.23 Å². The SMILES string of the molecule is CC(C)NC(O)CNCCNCCNCCO. The van der Waals surface area contributed by atoms with Crippen LogP contribution in [0.25, 0.3) is 0 Å². The average Bonchev–Trinajstić information content (AvgIpc) is 2.26. The summed E-state index contributed by atoms with van der Waals surface area (Å²) in [6.07, 6.45) is -0.485. The second-order valence-electron chi connectivity index (χ2n) is 4.26. The predicted octanol–water partition coefficient (Wildman–Crippen LogP) is -1.94. The Morgan fingerprint density at radius 1 is 0.882 bits per heavy atom. The third-order valence-corrected chi connectivity index (χ3v) is 2.11. The third-order valence-electron chi connectivity index (χ3n) is 2.11. The Bertz CT molecular complexity index is 158. The molecule has 0 radical (unpaired) electrons. The summed E-state index contributed by atoms with van der Waals surface area (Å²) in [5.41, 5.74) is 0. The lowest BCUT2D eigenvalue weighted by molar-refractivity contribution is 0.126. The number of hydrogen-bond donors (Lipinski definition) is 6. The van der Waals surface area contributed by atoms with E-state index in [0.29, 0.717) is 19.1 Å². The minimum Gasteiger partial charge on any atom is -0.395 e. The predicted molar refractivity (Wildman–Crippen MR) is 70.0 cm³/mol. The van der Waals surface area contributed by atoms with Gasteiger partial charge in [0.25, 0.3) is 0 Å². The molecule has 0 spiro atoms. The molecular weight excluding hydrogens is 220 g/mol. The first-order valence-electron chi connectivity index (χ1n) is 6.34. The molecule has 1 atom stereocenters. The molecule has 0 aromatic carbocycles. The van der Waals surface area contributed by atoms with E-state index in [4.69, 9.17) is 5.11 Å². The molecule has 104 valence electrons. The highest BCUT2D eigenvalue weighted by Gasteiger charge is 2.03. The Morgan fingerprint density at radius 3 is 1.94 bits per heavy atom. The summed E-state index contributed by atoms with van der Waals surface area (Å²) in [5, 5.41) is 30.5.